The topological polar surface area (TPSA) is 55.1 Å². The summed E-state index contributed by atoms with van der Waals surface area (Å²) in [5.74, 6) is 1.21. The lowest BCUT2D eigenvalue weighted by Crippen LogP contribution is -2.28. The summed E-state index contributed by atoms with van der Waals surface area (Å²) in [6, 6.07) is 12.1. The minimum absolute atomic E-state index is 0.0487. The van der Waals surface area contributed by atoms with Crippen LogP contribution in [0.5, 0.6) is 0 Å². The number of oxazole rings is 1. The van der Waals surface area contributed by atoms with Gasteiger partial charge in [-0.05, 0) is 49.2 Å². The molecule has 3 aromatic rings. The van der Waals surface area contributed by atoms with Crippen LogP contribution in [-0.2, 0) is 11.2 Å². The monoisotopic (exact) mass is 372 g/mol. The lowest BCUT2D eigenvalue weighted by molar-refractivity contribution is -0.121. The molecule has 0 aliphatic heterocycles. The Bertz CT molecular complexity index is 839. The number of benzene rings is 1. The van der Waals surface area contributed by atoms with Gasteiger partial charge in [0.1, 0.15) is 5.76 Å². The van der Waals surface area contributed by atoms with E-state index in [1.807, 2.05) is 49.7 Å². The Morgan fingerprint density at radius 1 is 1.32 bits per heavy atom. The molecule has 4 nitrogen and oxygen atoms in total. The maximum Gasteiger partial charge on any atom is 0.236 e. The van der Waals surface area contributed by atoms with Crippen molar-refractivity contribution < 1.29 is 9.21 Å². The van der Waals surface area contributed by atoms with Crippen LogP contribution in [-0.4, -0.2) is 17.1 Å². The van der Waals surface area contributed by atoms with Gasteiger partial charge in [-0.3, -0.25) is 4.79 Å². The molecular formula is C19H20N2O2S2. The SMILES string of the molecule is CSc1ccc(C(C)NC(=O)Cc2nc(-c3cccs3)oc2C)cc1. The molecule has 0 radical (unpaired) electrons. The van der Waals surface area contributed by atoms with Gasteiger partial charge < -0.3 is 9.73 Å². The number of hydrogen-bond acceptors (Lipinski definition) is 5. The van der Waals surface area contributed by atoms with Crippen molar-refractivity contribution in [2.75, 3.05) is 6.26 Å². The first-order chi connectivity index (χ1) is 12.1. The second-order valence-corrected chi connectivity index (χ2v) is 7.57. The molecule has 0 saturated heterocycles. The van der Waals surface area contributed by atoms with E-state index in [-0.39, 0.29) is 18.4 Å². The quantitative estimate of drug-likeness (QED) is 0.628. The molecule has 25 heavy (non-hydrogen) atoms. The van der Waals surface area contributed by atoms with Crippen molar-refractivity contribution in [2.45, 2.75) is 31.2 Å². The van der Waals surface area contributed by atoms with Crippen molar-refractivity contribution in [3.63, 3.8) is 0 Å². The third kappa shape index (κ3) is 4.32. The number of nitrogens with one attached hydrogen (secondary N) is 1. The van der Waals surface area contributed by atoms with Crippen LogP contribution in [0.2, 0.25) is 0 Å². The second kappa shape index (κ2) is 7.89. The van der Waals surface area contributed by atoms with Gasteiger partial charge in [-0.25, -0.2) is 4.98 Å². The summed E-state index contributed by atoms with van der Waals surface area (Å²) in [5.41, 5.74) is 1.77. The second-order valence-electron chi connectivity index (χ2n) is 5.74. The fraction of sp³-hybridized carbons (Fsp3) is 0.263. The first kappa shape index (κ1) is 17.8. The van der Waals surface area contributed by atoms with Crippen molar-refractivity contribution in [3.8, 4) is 10.8 Å². The molecule has 0 aliphatic rings. The van der Waals surface area contributed by atoms with Crippen LogP contribution in [0.4, 0.5) is 0 Å². The number of carbonyl (C=O) groups excluding carboxylic acids is 1. The third-order valence-corrected chi connectivity index (χ3v) is 5.55. The van der Waals surface area contributed by atoms with E-state index >= 15 is 0 Å². The van der Waals surface area contributed by atoms with Crippen molar-refractivity contribution in [3.05, 3.63) is 58.8 Å². The zero-order valence-corrected chi connectivity index (χ0v) is 16.0. The summed E-state index contributed by atoms with van der Waals surface area (Å²) < 4.78 is 5.69. The highest BCUT2D eigenvalue weighted by Crippen LogP contribution is 2.26. The number of nitrogens with zero attached hydrogens (tertiary/aromatic N) is 1. The summed E-state index contributed by atoms with van der Waals surface area (Å²) in [4.78, 5) is 19.0. The van der Waals surface area contributed by atoms with Gasteiger partial charge >= 0.3 is 0 Å². The molecule has 6 heteroatoms. The molecule has 0 spiro atoms. The largest absolute Gasteiger partial charge is 0.440 e. The molecule has 0 saturated carbocycles. The van der Waals surface area contributed by atoms with E-state index < -0.39 is 0 Å². The van der Waals surface area contributed by atoms with Crippen molar-refractivity contribution in [1.82, 2.24) is 10.3 Å². The number of thioether (sulfide) groups is 1. The van der Waals surface area contributed by atoms with Crippen LogP contribution in [0, 0.1) is 6.92 Å². The number of hydrogen-bond donors (Lipinski definition) is 1. The van der Waals surface area contributed by atoms with Gasteiger partial charge in [0.15, 0.2) is 0 Å². The van der Waals surface area contributed by atoms with Gasteiger partial charge in [0.25, 0.3) is 0 Å². The number of aryl methyl sites for hydroxylation is 1. The first-order valence-electron chi connectivity index (χ1n) is 8.00. The molecule has 1 atom stereocenters. The Balaban J connectivity index is 1.64. The van der Waals surface area contributed by atoms with E-state index in [0.717, 1.165) is 10.4 Å². The van der Waals surface area contributed by atoms with Gasteiger partial charge in [0, 0.05) is 4.90 Å². The summed E-state index contributed by atoms with van der Waals surface area (Å²) in [6.07, 6.45) is 2.26. The highest BCUT2D eigenvalue weighted by molar-refractivity contribution is 7.98. The van der Waals surface area contributed by atoms with E-state index in [1.165, 1.54) is 4.90 Å². The minimum Gasteiger partial charge on any atom is -0.440 e. The number of rotatable bonds is 6. The fourth-order valence-electron chi connectivity index (χ4n) is 2.52. The Kier molecular flexibility index (Phi) is 5.60. The number of thiophene rings is 1. The maximum absolute atomic E-state index is 12.4. The maximum atomic E-state index is 12.4. The van der Waals surface area contributed by atoms with Gasteiger partial charge in [0.2, 0.25) is 11.8 Å². The number of amides is 1. The lowest BCUT2D eigenvalue weighted by atomic mass is 10.1. The molecule has 3 rings (SSSR count). The predicted octanol–water partition coefficient (Wildman–Crippen LogP) is 4.85. The molecule has 1 N–H and O–H groups in total. The van der Waals surface area contributed by atoms with Crippen LogP contribution in [0.3, 0.4) is 0 Å². The smallest absolute Gasteiger partial charge is 0.236 e. The number of aromatic nitrogens is 1. The molecule has 1 aromatic carbocycles. The predicted molar refractivity (Wildman–Crippen MR) is 103 cm³/mol. The Morgan fingerprint density at radius 2 is 2.08 bits per heavy atom. The molecule has 2 heterocycles. The molecule has 1 unspecified atom stereocenters. The molecule has 130 valence electrons. The van der Waals surface area contributed by atoms with Gasteiger partial charge in [-0.2, -0.15) is 0 Å². The van der Waals surface area contributed by atoms with Gasteiger partial charge in [-0.1, -0.05) is 18.2 Å². The van der Waals surface area contributed by atoms with E-state index in [4.69, 9.17) is 4.42 Å². The summed E-state index contributed by atoms with van der Waals surface area (Å²) >= 11 is 3.27. The molecular weight excluding hydrogens is 352 g/mol. The average molecular weight is 373 g/mol. The van der Waals surface area contributed by atoms with E-state index in [0.29, 0.717) is 17.3 Å². The van der Waals surface area contributed by atoms with E-state index in [9.17, 15) is 4.79 Å². The summed E-state index contributed by atoms with van der Waals surface area (Å²) in [5, 5.41) is 5.01. The van der Waals surface area contributed by atoms with Gasteiger partial charge in [-0.15, -0.1) is 23.1 Å². The van der Waals surface area contributed by atoms with Crippen LogP contribution in [0.1, 0.15) is 30.0 Å². The van der Waals surface area contributed by atoms with Gasteiger partial charge in [0.05, 0.1) is 23.0 Å². The lowest BCUT2D eigenvalue weighted by Gasteiger charge is -2.14. The van der Waals surface area contributed by atoms with Crippen LogP contribution in [0.15, 0.2) is 51.1 Å². The van der Waals surface area contributed by atoms with Crippen LogP contribution >= 0.6 is 23.1 Å². The minimum atomic E-state index is -0.0597. The van der Waals surface area contributed by atoms with Crippen LogP contribution in [0.25, 0.3) is 10.8 Å². The molecule has 1 amide bonds. The summed E-state index contributed by atoms with van der Waals surface area (Å²) in [7, 11) is 0. The standard InChI is InChI=1S/C19H20N2O2S2/c1-12(14-6-8-15(24-3)9-7-14)20-18(22)11-16-13(2)23-19(21-16)17-5-4-10-25-17/h4-10,12H,11H2,1-3H3,(H,20,22). The Hall–Kier alpha value is -2.05. The third-order valence-electron chi connectivity index (χ3n) is 3.95. The van der Waals surface area contributed by atoms with E-state index in [1.54, 1.807) is 23.1 Å². The van der Waals surface area contributed by atoms with Crippen molar-refractivity contribution in [1.29, 1.82) is 0 Å². The average Bonchev–Trinajstić information content (AvgIpc) is 3.25. The van der Waals surface area contributed by atoms with Crippen molar-refractivity contribution >= 4 is 29.0 Å². The number of carbonyl (C=O) groups is 1. The highest BCUT2D eigenvalue weighted by atomic mass is 32.2. The zero-order chi connectivity index (χ0) is 17.8. The fourth-order valence-corrected chi connectivity index (χ4v) is 3.58. The Labute approximate surface area is 155 Å². The molecule has 0 aliphatic carbocycles. The normalized spacial score (nSPS) is 12.1. The first-order valence-corrected chi connectivity index (χ1v) is 10.1. The molecule has 0 bridgehead atoms. The summed E-state index contributed by atoms with van der Waals surface area (Å²) in [6.45, 7) is 3.83. The zero-order valence-electron chi connectivity index (χ0n) is 14.4. The highest BCUT2D eigenvalue weighted by Gasteiger charge is 2.17. The Morgan fingerprint density at radius 3 is 2.72 bits per heavy atom. The van der Waals surface area contributed by atoms with Crippen LogP contribution < -0.4 is 5.32 Å². The van der Waals surface area contributed by atoms with Crippen molar-refractivity contribution in [2.24, 2.45) is 0 Å². The molecule has 2 aromatic heterocycles. The molecule has 0 fully saturated rings. The van der Waals surface area contributed by atoms with E-state index in [2.05, 4.69) is 22.4 Å².